The number of hydrogen-bond acceptors (Lipinski definition) is 8. The van der Waals surface area contributed by atoms with Crippen LogP contribution in [0, 0.1) is 0 Å². The second kappa shape index (κ2) is 8.26. The molecular formula is C16H21NO8. The van der Waals surface area contributed by atoms with Crippen molar-refractivity contribution in [1.82, 2.24) is 5.32 Å². The van der Waals surface area contributed by atoms with Gasteiger partial charge in [-0.05, 0) is 12.1 Å². The molecule has 1 aliphatic heterocycles. The lowest BCUT2D eigenvalue weighted by Crippen LogP contribution is -2.65. The first-order valence-electron chi connectivity index (χ1n) is 7.62. The van der Waals surface area contributed by atoms with Crippen molar-refractivity contribution in [2.45, 2.75) is 37.6 Å². The number of methoxy groups -OCH3 is 1. The highest BCUT2D eigenvalue weighted by Crippen LogP contribution is 2.27. The molecular weight excluding hydrogens is 334 g/mol. The Morgan fingerprint density at radius 3 is 2.52 bits per heavy atom. The van der Waals surface area contributed by atoms with Crippen molar-refractivity contribution < 1.29 is 39.1 Å². The van der Waals surface area contributed by atoms with E-state index in [2.05, 4.69) is 10.1 Å². The van der Waals surface area contributed by atoms with Crippen molar-refractivity contribution in [2.24, 2.45) is 0 Å². The maximum Gasteiger partial charge on any atom is 0.341 e. The van der Waals surface area contributed by atoms with Gasteiger partial charge in [-0.1, -0.05) is 12.1 Å². The summed E-state index contributed by atoms with van der Waals surface area (Å²) in [6.07, 6.45) is -5.22. The van der Waals surface area contributed by atoms with Crippen molar-refractivity contribution in [2.75, 3.05) is 13.7 Å². The number of carbonyl (C=O) groups excluding carboxylic acids is 2. The van der Waals surface area contributed by atoms with Gasteiger partial charge in [0.2, 0.25) is 12.2 Å². The molecule has 0 bridgehead atoms. The van der Waals surface area contributed by atoms with Crippen LogP contribution in [0.5, 0.6) is 5.75 Å². The summed E-state index contributed by atoms with van der Waals surface area (Å²) in [6, 6.07) is 5.09. The molecule has 138 valence electrons. The van der Waals surface area contributed by atoms with Crippen molar-refractivity contribution in [3.8, 4) is 5.75 Å². The van der Waals surface area contributed by atoms with Crippen LogP contribution >= 0.6 is 0 Å². The van der Waals surface area contributed by atoms with Crippen molar-refractivity contribution in [3.05, 3.63) is 29.8 Å². The zero-order chi connectivity index (χ0) is 18.6. The van der Waals surface area contributed by atoms with E-state index < -0.39 is 49.1 Å². The Hall–Kier alpha value is -2.20. The summed E-state index contributed by atoms with van der Waals surface area (Å²) in [5, 5.41) is 31.9. The van der Waals surface area contributed by atoms with E-state index in [1.165, 1.54) is 26.2 Å². The SMILES string of the molecule is COC(=O)c1ccccc1O[C@H]1O[C@@H](CO)[C@@H](O)[C@H](O)[C@@H]1NC(C)=O. The second-order valence-electron chi connectivity index (χ2n) is 5.54. The predicted octanol–water partition coefficient (Wildman–Crippen LogP) is -1.20. The number of hydrogen-bond donors (Lipinski definition) is 4. The minimum absolute atomic E-state index is 0.106. The molecule has 9 heteroatoms. The Kier molecular flexibility index (Phi) is 6.32. The van der Waals surface area contributed by atoms with Crippen LogP contribution in [0.15, 0.2) is 24.3 Å². The van der Waals surface area contributed by atoms with Crippen LogP contribution in [0.25, 0.3) is 0 Å². The van der Waals surface area contributed by atoms with E-state index in [4.69, 9.17) is 9.47 Å². The first kappa shape index (κ1) is 19.1. The lowest BCUT2D eigenvalue weighted by Gasteiger charge is -2.42. The molecule has 1 amide bonds. The van der Waals surface area contributed by atoms with E-state index in [1.807, 2.05) is 0 Å². The number of aliphatic hydroxyl groups is 3. The van der Waals surface area contributed by atoms with E-state index >= 15 is 0 Å². The number of ether oxygens (including phenoxy) is 3. The molecule has 0 saturated carbocycles. The molecule has 2 rings (SSSR count). The van der Waals surface area contributed by atoms with Gasteiger partial charge >= 0.3 is 5.97 Å². The summed E-state index contributed by atoms with van der Waals surface area (Å²) in [6.45, 7) is 0.667. The van der Waals surface area contributed by atoms with E-state index in [9.17, 15) is 24.9 Å². The molecule has 5 atom stereocenters. The molecule has 0 aliphatic carbocycles. The molecule has 0 spiro atoms. The highest BCUT2D eigenvalue weighted by atomic mass is 16.7. The van der Waals surface area contributed by atoms with Gasteiger partial charge in [0.1, 0.15) is 35.7 Å². The van der Waals surface area contributed by atoms with Crippen molar-refractivity contribution >= 4 is 11.9 Å². The molecule has 4 N–H and O–H groups in total. The minimum atomic E-state index is -1.44. The van der Waals surface area contributed by atoms with Gasteiger partial charge in [0, 0.05) is 6.92 Å². The number of aliphatic hydroxyl groups excluding tert-OH is 3. The highest BCUT2D eigenvalue weighted by Gasteiger charge is 2.46. The third-order valence-corrected chi connectivity index (χ3v) is 3.79. The molecule has 0 aromatic heterocycles. The van der Waals surface area contributed by atoms with Gasteiger partial charge in [-0.3, -0.25) is 4.79 Å². The van der Waals surface area contributed by atoms with Crippen LogP contribution in [0.1, 0.15) is 17.3 Å². The van der Waals surface area contributed by atoms with Crippen LogP contribution in [0.2, 0.25) is 0 Å². The molecule has 0 radical (unpaired) electrons. The fourth-order valence-corrected chi connectivity index (χ4v) is 2.54. The largest absolute Gasteiger partial charge is 0.465 e. The standard InChI is InChI=1S/C16H21NO8/c1-8(19)17-12-14(21)13(20)11(7-18)25-16(12)24-10-6-4-3-5-9(10)15(22)23-2/h3-6,11-14,16,18,20-21H,7H2,1-2H3,(H,17,19)/t11-,12-,13+,14+,16-/m0/s1. The monoisotopic (exact) mass is 355 g/mol. The zero-order valence-electron chi connectivity index (χ0n) is 13.8. The average molecular weight is 355 g/mol. The normalized spacial score (nSPS) is 28.9. The van der Waals surface area contributed by atoms with Gasteiger partial charge in [0.15, 0.2) is 0 Å². The van der Waals surface area contributed by atoms with Crippen molar-refractivity contribution in [1.29, 1.82) is 0 Å². The maximum atomic E-state index is 11.8. The number of nitrogens with one attached hydrogen (secondary N) is 1. The number of esters is 1. The first-order valence-corrected chi connectivity index (χ1v) is 7.62. The first-order chi connectivity index (χ1) is 11.9. The number of para-hydroxylation sites is 1. The fraction of sp³-hybridized carbons (Fsp3) is 0.500. The molecule has 0 unspecified atom stereocenters. The Bertz CT molecular complexity index is 622. The third-order valence-electron chi connectivity index (χ3n) is 3.79. The molecule has 1 saturated heterocycles. The topological polar surface area (TPSA) is 135 Å². The Balaban J connectivity index is 2.30. The van der Waals surface area contributed by atoms with Gasteiger partial charge in [-0.25, -0.2) is 4.79 Å². The lowest BCUT2D eigenvalue weighted by molar-refractivity contribution is -0.244. The van der Waals surface area contributed by atoms with Crippen molar-refractivity contribution in [3.63, 3.8) is 0 Å². The summed E-state index contributed by atoms with van der Waals surface area (Å²) in [4.78, 5) is 23.2. The van der Waals surface area contributed by atoms with Crippen LogP contribution in [0.4, 0.5) is 0 Å². The van der Waals surface area contributed by atoms with E-state index in [0.29, 0.717) is 0 Å². The van der Waals surface area contributed by atoms with E-state index in [1.54, 1.807) is 12.1 Å². The third kappa shape index (κ3) is 4.26. The van der Waals surface area contributed by atoms with E-state index in [-0.39, 0.29) is 11.3 Å². The molecule has 1 fully saturated rings. The van der Waals surface area contributed by atoms with Gasteiger partial charge in [-0.15, -0.1) is 0 Å². The molecule has 1 heterocycles. The highest BCUT2D eigenvalue weighted by molar-refractivity contribution is 5.92. The number of benzene rings is 1. The van der Waals surface area contributed by atoms with Gasteiger partial charge in [-0.2, -0.15) is 0 Å². The quantitative estimate of drug-likeness (QED) is 0.484. The van der Waals surface area contributed by atoms with Crippen LogP contribution < -0.4 is 10.1 Å². The summed E-state index contributed by atoms with van der Waals surface area (Å²) in [5.41, 5.74) is 0.122. The lowest BCUT2D eigenvalue weighted by atomic mass is 9.97. The fourth-order valence-electron chi connectivity index (χ4n) is 2.54. The Morgan fingerprint density at radius 2 is 1.92 bits per heavy atom. The van der Waals surface area contributed by atoms with Crippen LogP contribution in [-0.4, -0.2) is 71.6 Å². The summed E-state index contributed by atoms with van der Waals surface area (Å²) < 4.78 is 15.8. The predicted molar refractivity (Wildman–Crippen MR) is 83.8 cm³/mol. The maximum absolute atomic E-state index is 11.8. The molecule has 25 heavy (non-hydrogen) atoms. The summed E-state index contributed by atoms with van der Waals surface area (Å²) in [5.74, 6) is -1.01. The average Bonchev–Trinajstić information content (AvgIpc) is 2.60. The molecule has 9 nitrogen and oxygen atoms in total. The number of rotatable bonds is 5. The Morgan fingerprint density at radius 1 is 1.24 bits per heavy atom. The van der Waals surface area contributed by atoms with Crippen LogP contribution in [-0.2, 0) is 14.3 Å². The van der Waals surface area contributed by atoms with Gasteiger partial charge < -0.3 is 34.8 Å². The Labute approximate surface area is 144 Å². The number of carbonyl (C=O) groups is 2. The molecule has 1 aliphatic rings. The summed E-state index contributed by atoms with van der Waals surface area (Å²) >= 11 is 0. The summed E-state index contributed by atoms with van der Waals surface area (Å²) in [7, 11) is 1.22. The van der Waals surface area contributed by atoms with Gasteiger partial charge in [0.25, 0.3) is 0 Å². The molecule has 1 aromatic carbocycles. The second-order valence-corrected chi connectivity index (χ2v) is 5.54. The molecule has 1 aromatic rings. The van der Waals surface area contributed by atoms with E-state index in [0.717, 1.165) is 0 Å². The minimum Gasteiger partial charge on any atom is -0.465 e. The smallest absolute Gasteiger partial charge is 0.341 e. The number of amides is 1. The van der Waals surface area contributed by atoms with Gasteiger partial charge in [0.05, 0.1) is 13.7 Å². The van der Waals surface area contributed by atoms with Crippen LogP contribution in [0.3, 0.4) is 0 Å². The zero-order valence-corrected chi connectivity index (χ0v) is 13.8.